The SMILES string of the molecule is CCOP(=O)(OCC)C(c1cc(C(C)(C)C)c(O)c(C(C)(C)C)c1)N(C(=O)c1cccc(C(=O)N(c2ccccc2)C(c2cc(C(C)(C)C)c(O)c(C(C)(C)C)c2)P(=O)(OCC)OCC)c1)c1ccccc1. The van der Waals surface area contributed by atoms with Crippen LogP contribution in [0, 0.1) is 0 Å². The minimum atomic E-state index is -4.34. The number of hydrogen-bond donors (Lipinski definition) is 2. The summed E-state index contributed by atoms with van der Waals surface area (Å²) in [7, 11) is -8.67. The molecule has 0 bridgehead atoms. The van der Waals surface area contributed by atoms with Crippen LogP contribution in [0.2, 0.25) is 0 Å². The molecule has 5 aromatic rings. The Morgan fingerprint density at radius 1 is 0.444 bits per heavy atom. The van der Waals surface area contributed by atoms with Gasteiger partial charge in [0, 0.05) is 22.5 Å². The lowest BCUT2D eigenvalue weighted by molar-refractivity contribution is 0.0975. The third kappa shape index (κ3) is 12.6. The summed E-state index contributed by atoms with van der Waals surface area (Å²) < 4.78 is 56.0. The number of carbonyl (C=O) groups excluding carboxylic acids is 2. The highest BCUT2D eigenvalue weighted by atomic mass is 31.2. The molecule has 0 heterocycles. The fourth-order valence-corrected chi connectivity index (χ4v) is 13.1. The second-order valence-electron chi connectivity index (χ2n) is 22.0. The molecule has 2 unspecified atom stereocenters. The number of phenols is 2. The first-order chi connectivity index (χ1) is 33.5. The standard InChI is InChI=1S/C58H78N2O10P2/c1-17-67-71(65,68-18-2)53(41-35-45(55(5,6)7)49(61)46(36-41)56(8,9)10)59(43-30-23-21-24-31-43)51(63)39-28-27-29-40(34-39)52(64)60(44-32-25-22-26-33-44)54(72(66,69-19-3)70-20-4)42-37-47(57(11,12)13)50(62)48(38-42)58(14,15)16/h21-38,53-54,61-62H,17-20H2,1-16H3. The molecular formula is C58H78N2O10P2. The van der Waals surface area contributed by atoms with Gasteiger partial charge in [-0.2, -0.15) is 0 Å². The minimum Gasteiger partial charge on any atom is -0.507 e. The normalized spacial score (nSPS) is 13.7. The summed E-state index contributed by atoms with van der Waals surface area (Å²) in [5.74, 6) is -3.87. The first kappa shape index (κ1) is 57.8. The zero-order chi connectivity index (χ0) is 53.8. The van der Waals surface area contributed by atoms with Crippen molar-refractivity contribution in [3.8, 4) is 11.5 Å². The highest BCUT2D eigenvalue weighted by Crippen LogP contribution is 2.65. The van der Waals surface area contributed by atoms with Gasteiger partial charge in [-0.3, -0.25) is 28.5 Å². The van der Waals surface area contributed by atoms with Crippen LogP contribution in [0.25, 0.3) is 0 Å². The third-order valence-corrected chi connectivity index (χ3v) is 17.0. The maximum Gasteiger partial charge on any atom is 0.357 e. The van der Waals surface area contributed by atoms with Gasteiger partial charge >= 0.3 is 15.2 Å². The molecule has 0 aliphatic heterocycles. The van der Waals surface area contributed by atoms with E-state index in [-0.39, 0.29) is 49.1 Å². The van der Waals surface area contributed by atoms with E-state index in [1.54, 1.807) is 119 Å². The van der Waals surface area contributed by atoms with Crippen LogP contribution in [0.5, 0.6) is 11.5 Å². The Labute approximate surface area is 429 Å². The van der Waals surface area contributed by atoms with Gasteiger partial charge in [-0.1, -0.05) is 126 Å². The van der Waals surface area contributed by atoms with Crippen molar-refractivity contribution in [1.29, 1.82) is 0 Å². The number of phenolic OH excluding ortho intramolecular Hbond substituents is 2. The van der Waals surface area contributed by atoms with Crippen molar-refractivity contribution in [3.63, 3.8) is 0 Å². The average Bonchev–Trinajstić information content (AvgIpc) is 3.29. The number of para-hydroxylation sites is 2. The molecule has 0 aromatic heterocycles. The molecular weight excluding hydrogens is 947 g/mol. The Bertz CT molecular complexity index is 2510. The van der Waals surface area contributed by atoms with Crippen molar-refractivity contribution >= 4 is 38.4 Å². The molecule has 2 atom stereocenters. The number of hydrogen-bond acceptors (Lipinski definition) is 10. The van der Waals surface area contributed by atoms with Crippen LogP contribution < -0.4 is 9.80 Å². The fourth-order valence-electron chi connectivity index (χ4n) is 8.90. The highest BCUT2D eigenvalue weighted by molar-refractivity contribution is 7.54. The Morgan fingerprint density at radius 2 is 0.708 bits per heavy atom. The van der Waals surface area contributed by atoms with Crippen LogP contribution in [0.4, 0.5) is 11.4 Å². The fraction of sp³-hybridized carbons (Fsp3) is 0.448. The van der Waals surface area contributed by atoms with E-state index < -0.39 is 60.2 Å². The molecule has 5 rings (SSSR count). The summed E-state index contributed by atoms with van der Waals surface area (Å²) in [5.41, 5.74) is 1.58. The molecule has 0 saturated carbocycles. The Kier molecular flexibility index (Phi) is 18.1. The molecule has 0 aliphatic carbocycles. The van der Waals surface area contributed by atoms with Crippen molar-refractivity contribution in [3.05, 3.63) is 154 Å². The summed E-state index contributed by atoms with van der Waals surface area (Å²) in [4.78, 5) is 34.5. The van der Waals surface area contributed by atoms with Gasteiger partial charge in [0.25, 0.3) is 11.8 Å². The lowest BCUT2D eigenvalue weighted by Gasteiger charge is -2.38. The van der Waals surface area contributed by atoms with Gasteiger partial charge in [0.05, 0.1) is 26.4 Å². The van der Waals surface area contributed by atoms with Crippen molar-refractivity contribution in [2.24, 2.45) is 0 Å². The van der Waals surface area contributed by atoms with Crippen LogP contribution in [-0.4, -0.2) is 48.5 Å². The summed E-state index contributed by atoms with van der Waals surface area (Å²) in [5, 5.41) is 23.7. The molecule has 72 heavy (non-hydrogen) atoms. The number of carbonyl (C=O) groups is 2. The maximum atomic E-state index is 15.9. The van der Waals surface area contributed by atoms with E-state index in [0.717, 1.165) is 0 Å². The molecule has 0 spiro atoms. The van der Waals surface area contributed by atoms with E-state index in [1.165, 1.54) is 15.9 Å². The number of amides is 2. The Morgan fingerprint density at radius 3 is 0.944 bits per heavy atom. The van der Waals surface area contributed by atoms with Crippen LogP contribution in [0.3, 0.4) is 0 Å². The smallest absolute Gasteiger partial charge is 0.357 e. The van der Waals surface area contributed by atoms with Crippen molar-refractivity contribution in [2.45, 2.75) is 144 Å². The monoisotopic (exact) mass is 1020 g/mol. The number of benzene rings is 5. The van der Waals surface area contributed by atoms with E-state index >= 15 is 18.7 Å². The molecule has 2 amide bonds. The van der Waals surface area contributed by atoms with Crippen LogP contribution in [0.1, 0.15) is 176 Å². The van der Waals surface area contributed by atoms with Crippen molar-refractivity contribution in [2.75, 3.05) is 36.2 Å². The van der Waals surface area contributed by atoms with Gasteiger partial charge in [0.1, 0.15) is 11.5 Å². The molecule has 0 radical (unpaired) electrons. The van der Waals surface area contributed by atoms with Crippen LogP contribution in [0.15, 0.2) is 109 Å². The van der Waals surface area contributed by atoms with E-state index in [0.29, 0.717) is 44.8 Å². The maximum absolute atomic E-state index is 15.9. The molecule has 0 fully saturated rings. The number of rotatable bonds is 18. The lowest BCUT2D eigenvalue weighted by atomic mass is 9.78. The quantitative estimate of drug-likeness (QED) is 0.0811. The largest absolute Gasteiger partial charge is 0.507 e. The molecule has 0 saturated heterocycles. The van der Waals surface area contributed by atoms with E-state index in [9.17, 15) is 10.2 Å². The predicted octanol–water partition coefficient (Wildman–Crippen LogP) is 15.5. The zero-order valence-electron chi connectivity index (χ0n) is 45.3. The van der Waals surface area contributed by atoms with E-state index in [1.807, 2.05) is 95.2 Å². The summed E-state index contributed by atoms with van der Waals surface area (Å²) >= 11 is 0. The van der Waals surface area contributed by atoms with Crippen molar-refractivity contribution in [1.82, 2.24) is 0 Å². The minimum absolute atomic E-state index is 0.00964. The molecule has 0 aliphatic rings. The molecule has 5 aromatic carbocycles. The number of nitrogens with zero attached hydrogens (tertiary/aromatic N) is 2. The lowest BCUT2D eigenvalue weighted by Crippen LogP contribution is -2.38. The molecule has 14 heteroatoms. The topological polar surface area (TPSA) is 152 Å². The first-order valence-corrected chi connectivity index (χ1v) is 28.1. The average molecular weight is 1030 g/mol. The number of aromatic hydroxyl groups is 2. The second kappa shape index (κ2) is 22.6. The molecule has 12 nitrogen and oxygen atoms in total. The van der Waals surface area contributed by atoms with Crippen molar-refractivity contribution < 1.29 is 47.0 Å². The third-order valence-electron chi connectivity index (χ3n) is 12.3. The van der Waals surface area contributed by atoms with E-state index in [4.69, 9.17) is 18.1 Å². The molecule has 2 N–H and O–H groups in total. The predicted molar refractivity (Wildman–Crippen MR) is 291 cm³/mol. The van der Waals surface area contributed by atoms with Gasteiger partial charge < -0.3 is 28.3 Å². The van der Waals surface area contributed by atoms with Gasteiger partial charge in [0.2, 0.25) is 0 Å². The Hall–Kier alpha value is -5.06. The van der Waals surface area contributed by atoms with Crippen LogP contribution in [-0.2, 0) is 48.9 Å². The van der Waals surface area contributed by atoms with Gasteiger partial charge in [-0.25, -0.2) is 0 Å². The van der Waals surface area contributed by atoms with Crippen LogP contribution >= 0.6 is 15.2 Å². The summed E-state index contributed by atoms with van der Waals surface area (Å²) in [6.07, 6.45) is 0. The summed E-state index contributed by atoms with van der Waals surface area (Å²) in [6, 6.07) is 30.9. The summed E-state index contributed by atoms with van der Waals surface area (Å²) in [6.45, 7) is 30.5. The molecule has 390 valence electrons. The zero-order valence-corrected chi connectivity index (χ0v) is 47.1. The van der Waals surface area contributed by atoms with E-state index in [2.05, 4.69) is 0 Å². The van der Waals surface area contributed by atoms with Gasteiger partial charge in [-0.15, -0.1) is 0 Å². The second-order valence-corrected chi connectivity index (χ2v) is 26.2. The van der Waals surface area contributed by atoms with Gasteiger partial charge in [0.15, 0.2) is 11.6 Å². The highest BCUT2D eigenvalue weighted by Gasteiger charge is 2.48. The number of anilines is 2. The van der Waals surface area contributed by atoms with Gasteiger partial charge in [-0.05, 0) is 149 Å². The Balaban J connectivity index is 1.86. The first-order valence-electron chi connectivity index (χ1n) is 24.9.